The Morgan fingerprint density at radius 1 is 1.19 bits per heavy atom. The quantitative estimate of drug-likeness (QED) is 0.430. The lowest BCUT2D eigenvalue weighted by atomic mass is 9.72. The molecule has 2 aromatic heterocycles. The molecule has 2 unspecified atom stereocenters. The van der Waals surface area contributed by atoms with Gasteiger partial charge in [0, 0.05) is 52.6 Å². The van der Waals surface area contributed by atoms with E-state index < -0.39 is 5.41 Å². The summed E-state index contributed by atoms with van der Waals surface area (Å²) in [6, 6.07) is 14.9. The Bertz CT molecular complexity index is 1510. The Labute approximate surface area is 219 Å². The minimum Gasteiger partial charge on any atom is -0.493 e. The number of pyridine rings is 1. The summed E-state index contributed by atoms with van der Waals surface area (Å²) < 4.78 is 7.83. The van der Waals surface area contributed by atoms with E-state index in [1.807, 2.05) is 46.8 Å². The fraction of sp³-hybridized carbons (Fsp3) is 0.286. The van der Waals surface area contributed by atoms with Gasteiger partial charge in [0.05, 0.1) is 42.7 Å². The maximum Gasteiger partial charge on any atom is 0.235 e. The maximum absolute atomic E-state index is 14.2. The summed E-state index contributed by atoms with van der Waals surface area (Å²) in [4.78, 5) is 34.3. The number of amides is 2. The zero-order chi connectivity index (χ0) is 25.6. The molecule has 8 nitrogen and oxygen atoms in total. The van der Waals surface area contributed by atoms with Crippen LogP contribution >= 0.6 is 11.6 Å². The summed E-state index contributed by atoms with van der Waals surface area (Å²) in [6.07, 6.45) is 5.49. The van der Waals surface area contributed by atoms with Crippen molar-refractivity contribution in [2.75, 3.05) is 11.9 Å². The van der Waals surface area contributed by atoms with Crippen LogP contribution in [0.1, 0.15) is 31.0 Å². The van der Waals surface area contributed by atoms with E-state index in [0.29, 0.717) is 48.1 Å². The van der Waals surface area contributed by atoms with Crippen molar-refractivity contribution in [2.24, 2.45) is 0 Å². The Hall–Kier alpha value is -3.91. The Morgan fingerprint density at radius 2 is 2.05 bits per heavy atom. The molecule has 2 aliphatic heterocycles. The predicted molar refractivity (Wildman–Crippen MR) is 140 cm³/mol. The molecule has 0 saturated carbocycles. The van der Waals surface area contributed by atoms with Crippen LogP contribution in [0.25, 0.3) is 10.8 Å². The largest absolute Gasteiger partial charge is 0.493 e. The van der Waals surface area contributed by atoms with Crippen LogP contribution in [-0.4, -0.2) is 44.1 Å². The normalized spacial score (nSPS) is 20.6. The molecule has 0 radical (unpaired) electrons. The van der Waals surface area contributed by atoms with Gasteiger partial charge in [0.2, 0.25) is 11.8 Å². The smallest absolute Gasteiger partial charge is 0.235 e. The number of anilines is 1. The highest BCUT2D eigenvalue weighted by atomic mass is 35.5. The number of hydrogen-bond donors (Lipinski definition) is 1. The van der Waals surface area contributed by atoms with Crippen LogP contribution in [0.2, 0.25) is 5.02 Å². The Morgan fingerprint density at radius 3 is 2.95 bits per heavy atom. The average molecular weight is 516 g/mol. The summed E-state index contributed by atoms with van der Waals surface area (Å²) in [7, 11) is 0. The third kappa shape index (κ3) is 4.11. The van der Waals surface area contributed by atoms with E-state index in [2.05, 4.69) is 15.4 Å². The number of fused-ring (bicyclic) bond motifs is 3. The first-order valence-electron chi connectivity index (χ1n) is 12.3. The molecule has 0 saturated heterocycles. The summed E-state index contributed by atoms with van der Waals surface area (Å²) in [5.74, 6) is 0.193. The van der Waals surface area contributed by atoms with Crippen LogP contribution in [0, 0.1) is 0 Å². The number of carbonyl (C=O) groups is 2. The fourth-order valence-electron chi connectivity index (χ4n) is 5.46. The zero-order valence-electron chi connectivity index (χ0n) is 20.4. The van der Waals surface area contributed by atoms with Gasteiger partial charge in [-0.25, -0.2) is 0 Å². The topological polar surface area (TPSA) is 89.4 Å². The number of ether oxygens (including phenoxy) is 1. The van der Waals surface area contributed by atoms with E-state index in [4.69, 9.17) is 16.3 Å². The zero-order valence-corrected chi connectivity index (χ0v) is 21.1. The maximum atomic E-state index is 14.2. The molecule has 2 amide bonds. The molecule has 2 aromatic carbocycles. The van der Waals surface area contributed by atoms with Crippen molar-refractivity contribution >= 4 is 39.9 Å². The number of nitrogens with one attached hydrogen (secondary N) is 1. The Kier molecular flexibility index (Phi) is 5.83. The van der Waals surface area contributed by atoms with Crippen molar-refractivity contribution < 1.29 is 14.3 Å². The van der Waals surface area contributed by atoms with Crippen molar-refractivity contribution in [1.82, 2.24) is 19.7 Å². The van der Waals surface area contributed by atoms with Crippen LogP contribution in [0.4, 0.5) is 5.69 Å². The second-order valence-electron chi connectivity index (χ2n) is 9.74. The van der Waals surface area contributed by atoms with E-state index >= 15 is 0 Å². The number of benzene rings is 2. The van der Waals surface area contributed by atoms with Crippen LogP contribution < -0.4 is 10.1 Å². The van der Waals surface area contributed by atoms with Crippen molar-refractivity contribution in [3.8, 4) is 5.75 Å². The van der Waals surface area contributed by atoms with Crippen molar-refractivity contribution in [1.29, 1.82) is 0 Å². The number of aromatic nitrogens is 3. The first-order chi connectivity index (χ1) is 17.9. The van der Waals surface area contributed by atoms with Gasteiger partial charge in [-0.3, -0.25) is 19.3 Å². The molecule has 4 aromatic rings. The van der Waals surface area contributed by atoms with Gasteiger partial charge in [-0.05, 0) is 31.2 Å². The van der Waals surface area contributed by atoms with Crippen LogP contribution in [-0.2, 0) is 28.1 Å². The first-order valence-corrected chi connectivity index (χ1v) is 12.7. The lowest BCUT2D eigenvalue weighted by Gasteiger charge is -2.40. The summed E-state index contributed by atoms with van der Waals surface area (Å²) in [5.41, 5.74) is 1.03. The molecular weight excluding hydrogens is 490 g/mol. The average Bonchev–Trinajstić information content (AvgIpc) is 3.36. The van der Waals surface area contributed by atoms with Crippen LogP contribution in [0.5, 0.6) is 5.75 Å². The number of nitrogens with zero attached hydrogens (tertiary/aromatic N) is 4. The summed E-state index contributed by atoms with van der Waals surface area (Å²) in [5, 5.41) is 9.73. The minimum atomic E-state index is -1.16. The predicted octanol–water partition coefficient (Wildman–Crippen LogP) is 4.56. The molecule has 0 fully saturated rings. The summed E-state index contributed by atoms with van der Waals surface area (Å²) in [6.45, 7) is 3.38. The van der Waals surface area contributed by atoms with Crippen LogP contribution in [0.3, 0.4) is 0 Å². The van der Waals surface area contributed by atoms with E-state index in [9.17, 15) is 9.59 Å². The number of rotatable bonds is 4. The van der Waals surface area contributed by atoms with Gasteiger partial charge in [-0.15, -0.1) is 0 Å². The van der Waals surface area contributed by atoms with Gasteiger partial charge >= 0.3 is 0 Å². The molecule has 0 spiro atoms. The molecule has 4 heterocycles. The van der Waals surface area contributed by atoms with Crippen molar-refractivity contribution in [3.63, 3.8) is 0 Å². The highest BCUT2D eigenvalue weighted by Gasteiger charge is 2.48. The highest BCUT2D eigenvalue weighted by Crippen LogP contribution is 2.44. The van der Waals surface area contributed by atoms with E-state index in [1.165, 1.54) is 0 Å². The molecule has 37 heavy (non-hydrogen) atoms. The molecule has 188 valence electrons. The molecule has 2 aliphatic rings. The van der Waals surface area contributed by atoms with Crippen molar-refractivity contribution in [2.45, 2.75) is 44.3 Å². The summed E-state index contributed by atoms with van der Waals surface area (Å²) >= 11 is 6.40. The molecular formula is C28H26ClN5O3. The molecule has 2 atom stereocenters. The number of hydrogen-bond acceptors (Lipinski definition) is 5. The third-order valence-corrected chi connectivity index (χ3v) is 7.71. The van der Waals surface area contributed by atoms with E-state index in [1.54, 1.807) is 36.8 Å². The van der Waals surface area contributed by atoms with Gasteiger partial charge in [0.15, 0.2) is 0 Å². The van der Waals surface area contributed by atoms with Gasteiger partial charge in [-0.2, -0.15) is 5.10 Å². The van der Waals surface area contributed by atoms with Crippen molar-refractivity contribution in [3.05, 3.63) is 83.4 Å². The molecule has 0 bridgehead atoms. The Balaban J connectivity index is 1.39. The first kappa shape index (κ1) is 23.5. The lowest BCUT2D eigenvalue weighted by Crippen LogP contribution is -2.51. The van der Waals surface area contributed by atoms with Gasteiger partial charge < -0.3 is 15.0 Å². The highest BCUT2D eigenvalue weighted by molar-refractivity contribution is 6.30. The number of carbonyl (C=O) groups excluding carboxylic acids is 2. The molecule has 6 rings (SSSR count). The van der Waals surface area contributed by atoms with E-state index in [-0.39, 0.29) is 24.3 Å². The van der Waals surface area contributed by atoms with Gasteiger partial charge in [0.25, 0.3) is 0 Å². The standard InChI is InChI=1S/C28H26ClN5O3/c1-18-16-34-21(8-10-31-34)17-33(18)26(35)13-28(9-11-37-25-7-6-20(29)12-23(25)28)27(36)32-24-15-30-14-19-4-2-3-5-22(19)24/h2-8,10,12,14-15,18H,9,11,13,16-17H2,1H3,(H,32,36). The SMILES string of the molecule is CC1Cn2nccc2CN1C(=O)CC1(C(=O)Nc2cncc3ccccc23)CCOc2ccc(Cl)cc21. The molecule has 0 aliphatic carbocycles. The van der Waals surface area contributed by atoms with Gasteiger partial charge in [0.1, 0.15) is 5.75 Å². The number of halogens is 1. The monoisotopic (exact) mass is 515 g/mol. The lowest BCUT2D eigenvalue weighted by molar-refractivity contribution is -0.140. The third-order valence-electron chi connectivity index (χ3n) is 7.47. The second-order valence-corrected chi connectivity index (χ2v) is 10.2. The molecule has 1 N–H and O–H groups in total. The van der Waals surface area contributed by atoms with E-state index in [0.717, 1.165) is 16.5 Å². The van der Waals surface area contributed by atoms with Crippen LogP contribution in [0.15, 0.2) is 67.1 Å². The molecule has 9 heteroatoms. The minimum absolute atomic E-state index is 0.00773. The second kappa shape index (κ2) is 9.19. The fourth-order valence-corrected chi connectivity index (χ4v) is 5.63. The van der Waals surface area contributed by atoms with Gasteiger partial charge in [-0.1, -0.05) is 35.9 Å².